The van der Waals surface area contributed by atoms with Crippen LogP contribution in [-0.2, 0) is 44.8 Å². The number of pyridine rings is 1. The van der Waals surface area contributed by atoms with E-state index in [2.05, 4.69) is 31.6 Å². The van der Waals surface area contributed by atoms with E-state index in [4.69, 9.17) is 10.8 Å². The van der Waals surface area contributed by atoms with E-state index >= 15 is 0 Å². The molecule has 0 aliphatic carbocycles. The Morgan fingerprint density at radius 2 is 1.46 bits per heavy atom. The van der Waals surface area contributed by atoms with Crippen LogP contribution in [0, 0.1) is 24.7 Å². The lowest BCUT2D eigenvalue weighted by Gasteiger charge is -2.27. The highest BCUT2D eigenvalue weighted by molar-refractivity contribution is 6.00. The molecule has 0 aliphatic rings. The van der Waals surface area contributed by atoms with Crippen molar-refractivity contribution in [3.8, 4) is 0 Å². The molecule has 1 unspecified atom stereocenters. The number of carbonyl (C=O) groups excluding carboxylic acids is 7. The second-order valence-corrected chi connectivity index (χ2v) is 16.5. The second kappa shape index (κ2) is 28.6. The number of unbranched alkanes of at least 4 members (excludes halogenated alkanes) is 1. The number of aliphatic carboxylic acids is 2. The first kappa shape index (κ1) is 54.1. The predicted octanol–water partition coefficient (Wildman–Crippen LogP) is 5.35. The molecule has 0 saturated heterocycles. The molecule has 0 saturated carbocycles. The summed E-state index contributed by atoms with van der Waals surface area (Å²) < 4.78 is 0. The van der Waals surface area contributed by atoms with E-state index in [0.717, 1.165) is 11.1 Å². The van der Waals surface area contributed by atoms with Crippen LogP contribution < -0.4 is 32.3 Å². The Kier molecular flexibility index (Phi) is 23.1. The molecule has 0 aliphatic heterocycles. The highest BCUT2D eigenvalue weighted by atomic mass is 16.4. The fraction of sp³-hybridized carbons (Fsp3) is 0.429. The van der Waals surface area contributed by atoms with Gasteiger partial charge < -0.3 is 42.5 Å². The number of amides is 6. The van der Waals surface area contributed by atoms with Crippen LogP contribution in [0.2, 0.25) is 0 Å². The number of rotatable bonds is 30. The summed E-state index contributed by atoms with van der Waals surface area (Å²) in [7, 11) is 0. The zero-order valence-electron chi connectivity index (χ0n) is 38.3. The molecule has 360 valence electrons. The molecule has 5 atom stereocenters. The standard InChI is InChI=1S/C49H63N7O11/c1-4-31(2)38(48(66)55-41(46(50)64)15-9-16-44(60)61)29-42(58)40(22-24-45(62)63)54-47(65)35(13-7-8-26-52-43(59)23-19-34-12-10-25-51-30-34)28-37(57)27-33-17-20-36(21-18-33)53-49(67)56-39-14-6-5-11-32(39)3/h5-6,10-12,14,17-21,23,25,30-31,35,38,40-41H,4,7-9,13,15-16,22,24,26-29H2,1-3H3,(H2,50,64)(H,52,59)(H,54,65)(H,55,66)(H,60,61)(H,62,63)(H2,53,56,67)/b23-19+/t31?,35-,38+,40+,41+/m1/s1. The summed E-state index contributed by atoms with van der Waals surface area (Å²) in [6.07, 6.45) is 5.87. The molecular weight excluding hydrogens is 863 g/mol. The van der Waals surface area contributed by atoms with Crippen molar-refractivity contribution >= 4 is 70.6 Å². The number of carboxylic acid groups (broad SMARTS) is 2. The van der Waals surface area contributed by atoms with Crippen LogP contribution in [0.1, 0.15) is 101 Å². The van der Waals surface area contributed by atoms with Gasteiger partial charge in [0.15, 0.2) is 5.78 Å². The minimum absolute atomic E-state index is 0.0439. The number of urea groups is 1. The molecule has 9 N–H and O–H groups in total. The van der Waals surface area contributed by atoms with Crippen molar-refractivity contribution in [1.82, 2.24) is 20.9 Å². The Labute approximate surface area is 390 Å². The number of nitrogens with two attached hydrogens (primary N) is 1. The molecule has 0 fully saturated rings. The molecule has 3 aromatic rings. The van der Waals surface area contributed by atoms with Gasteiger partial charge in [0.05, 0.1) is 6.04 Å². The van der Waals surface area contributed by atoms with Gasteiger partial charge in [0.1, 0.15) is 11.8 Å². The largest absolute Gasteiger partial charge is 0.481 e. The van der Waals surface area contributed by atoms with Crippen LogP contribution >= 0.6 is 0 Å². The van der Waals surface area contributed by atoms with Crippen molar-refractivity contribution in [2.24, 2.45) is 23.5 Å². The maximum Gasteiger partial charge on any atom is 0.323 e. The number of nitrogens with one attached hydrogen (secondary N) is 5. The minimum atomic E-state index is -1.35. The summed E-state index contributed by atoms with van der Waals surface area (Å²) in [6, 6.07) is 14.5. The van der Waals surface area contributed by atoms with Crippen molar-refractivity contribution in [2.45, 2.75) is 110 Å². The zero-order valence-corrected chi connectivity index (χ0v) is 38.3. The smallest absolute Gasteiger partial charge is 0.323 e. The quantitative estimate of drug-likeness (QED) is 0.0310. The van der Waals surface area contributed by atoms with Crippen molar-refractivity contribution in [2.75, 3.05) is 17.2 Å². The molecule has 1 heterocycles. The van der Waals surface area contributed by atoms with Gasteiger partial charge in [0.25, 0.3) is 0 Å². The van der Waals surface area contributed by atoms with Crippen LogP contribution in [-0.4, -0.2) is 87.0 Å². The van der Waals surface area contributed by atoms with E-state index in [0.29, 0.717) is 36.2 Å². The Balaban J connectivity index is 1.75. The number of aryl methyl sites for hydroxylation is 1. The fourth-order valence-electron chi connectivity index (χ4n) is 7.13. The molecule has 6 amide bonds. The maximum atomic E-state index is 14.1. The lowest BCUT2D eigenvalue weighted by molar-refractivity contribution is -0.139. The molecule has 2 aromatic carbocycles. The fourth-order valence-corrected chi connectivity index (χ4v) is 7.13. The van der Waals surface area contributed by atoms with Crippen LogP contribution in [0.4, 0.5) is 16.2 Å². The van der Waals surface area contributed by atoms with Crippen molar-refractivity contribution in [3.05, 3.63) is 95.8 Å². The summed E-state index contributed by atoms with van der Waals surface area (Å²) in [6.45, 7) is 5.64. The number of primary amides is 1. The molecule has 0 spiro atoms. The highest BCUT2D eigenvalue weighted by Crippen LogP contribution is 2.24. The molecule has 67 heavy (non-hydrogen) atoms. The number of carboxylic acids is 2. The zero-order chi connectivity index (χ0) is 49.3. The van der Waals surface area contributed by atoms with E-state index in [1.807, 2.05) is 19.1 Å². The number of ketones is 2. The predicted molar refractivity (Wildman–Crippen MR) is 251 cm³/mol. The Bertz CT molecular complexity index is 2200. The second-order valence-electron chi connectivity index (χ2n) is 16.5. The van der Waals surface area contributed by atoms with Crippen LogP contribution in [0.3, 0.4) is 0 Å². The van der Waals surface area contributed by atoms with Crippen molar-refractivity contribution < 1.29 is 53.4 Å². The van der Waals surface area contributed by atoms with Gasteiger partial charge in [-0.05, 0) is 92.0 Å². The summed E-state index contributed by atoms with van der Waals surface area (Å²) in [5.41, 5.74) is 8.87. The number of Topliss-reactive ketones (excluding diaryl/α,β-unsaturated/α-hetero) is 2. The first-order chi connectivity index (χ1) is 31.9. The number of hydrogen-bond donors (Lipinski definition) is 8. The number of anilines is 2. The van der Waals surface area contributed by atoms with Crippen molar-refractivity contribution in [1.29, 1.82) is 0 Å². The van der Waals surface area contributed by atoms with Gasteiger partial charge in [0.2, 0.25) is 23.6 Å². The SMILES string of the molecule is CCC(C)[C@H](CC(=O)[C@H](CCC(=O)O)NC(=O)[C@H](CCCCNC(=O)/C=C/c1cccnc1)CC(=O)Cc1ccc(NC(=O)Nc2ccccc2C)cc1)C(=O)N[C@@H](CCCC(=O)O)C(N)=O. The topological polar surface area (TPSA) is 293 Å². The van der Waals surface area contributed by atoms with Gasteiger partial charge in [-0.1, -0.05) is 63.1 Å². The number of nitrogens with zero attached hydrogens (tertiary/aromatic N) is 1. The average Bonchev–Trinajstić information content (AvgIpc) is 3.29. The number of benzene rings is 2. The Morgan fingerprint density at radius 3 is 2.10 bits per heavy atom. The Morgan fingerprint density at radius 1 is 0.761 bits per heavy atom. The molecule has 3 rings (SSSR count). The van der Waals surface area contributed by atoms with Crippen molar-refractivity contribution in [3.63, 3.8) is 0 Å². The minimum Gasteiger partial charge on any atom is -0.481 e. The maximum absolute atomic E-state index is 14.1. The number of para-hydroxylation sites is 1. The third-order valence-electron chi connectivity index (χ3n) is 11.2. The molecule has 18 heteroatoms. The highest BCUT2D eigenvalue weighted by Gasteiger charge is 2.34. The third-order valence-corrected chi connectivity index (χ3v) is 11.2. The van der Waals surface area contributed by atoms with Gasteiger partial charge in [0, 0.05) is 80.3 Å². The van der Waals surface area contributed by atoms with E-state index < -0.39 is 84.2 Å². The molecule has 18 nitrogen and oxygen atoms in total. The molecule has 0 radical (unpaired) electrons. The Hall–Kier alpha value is -7.24. The third kappa shape index (κ3) is 20.6. The van der Waals surface area contributed by atoms with E-state index in [1.165, 1.54) is 6.08 Å². The normalized spacial score (nSPS) is 13.2. The van der Waals surface area contributed by atoms with Gasteiger partial charge in [-0.3, -0.25) is 43.3 Å². The first-order valence-corrected chi connectivity index (χ1v) is 22.4. The summed E-state index contributed by atoms with van der Waals surface area (Å²) in [5, 5.41) is 32.1. The van der Waals surface area contributed by atoms with Gasteiger partial charge in [-0.25, -0.2) is 4.79 Å². The van der Waals surface area contributed by atoms with Crippen LogP contribution in [0.15, 0.2) is 79.1 Å². The van der Waals surface area contributed by atoms with Crippen LogP contribution in [0.5, 0.6) is 0 Å². The van der Waals surface area contributed by atoms with Gasteiger partial charge in [-0.2, -0.15) is 0 Å². The summed E-state index contributed by atoms with van der Waals surface area (Å²) in [5.74, 6) is -8.22. The summed E-state index contributed by atoms with van der Waals surface area (Å²) in [4.78, 5) is 119. The van der Waals surface area contributed by atoms with Gasteiger partial charge in [-0.15, -0.1) is 0 Å². The average molecular weight is 926 g/mol. The first-order valence-electron chi connectivity index (χ1n) is 22.4. The van der Waals surface area contributed by atoms with Crippen LogP contribution in [0.25, 0.3) is 6.08 Å². The molecule has 0 bridgehead atoms. The van der Waals surface area contributed by atoms with E-state index in [-0.39, 0.29) is 63.2 Å². The van der Waals surface area contributed by atoms with E-state index in [9.17, 15) is 48.3 Å². The summed E-state index contributed by atoms with van der Waals surface area (Å²) >= 11 is 0. The lowest BCUT2D eigenvalue weighted by Crippen LogP contribution is -2.49. The molecular formula is C49H63N7O11. The lowest BCUT2D eigenvalue weighted by atomic mass is 9.84. The van der Waals surface area contributed by atoms with E-state index in [1.54, 1.807) is 80.8 Å². The molecule has 1 aromatic heterocycles. The number of hydrogen-bond acceptors (Lipinski definition) is 10. The number of aromatic nitrogens is 1. The van der Waals surface area contributed by atoms with Gasteiger partial charge >= 0.3 is 18.0 Å². The number of carbonyl (C=O) groups is 9. The monoisotopic (exact) mass is 925 g/mol.